The molecule has 3 N–H and O–H groups in total. The smallest absolute Gasteiger partial charge is 0.253 e. The number of pyridine rings is 1. The Hall–Kier alpha value is -3.58. The van der Waals surface area contributed by atoms with Crippen LogP contribution in [0.15, 0.2) is 64.8 Å². The van der Waals surface area contributed by atoms with Crippen LogP contribution in [0.4, 0.5) is 5.69 Å². The van der Waals surface area contributed by atoms with Crippen LogP contribution >= 0.6 is 11.3 Å². The molecular formula is C22H18N4O2S. The van der Waals surface area contributed by atoms with E-state index in [9.17, 15) is 4.79 Å². The normalized spacial score (nSPS) is 11.2. The van der Waals surface area contributed by atoms with E-state index in [1.807, 2.05) is 60.0 Å². The van der Waals surface area contributed by atoms with Crippen molar-refractivity contribution in [3.05, 3.63) is 75.9 Å². The number of nitrogens with one attached hydrogen (secondary N) is 3. The van der Waals surface area contributed by atoms with E-state index in [1.165, 1.54) is 0 Å². The van der Waals surface area contributed by atoms with Gasteiger partial charge in [-0.3, -0.25) is 4.79 Å². The van der Waals surface area contributed by atoms with Gasteiger partial charge in [0.05, 0.1) is 23.0 Å². The lowest BCUT2D eigenvalue weighted by atomic mass is 10.1. The van der Waals surface area contributed by atoms with E-state index in [2.05, 4.69) is 20.3 Å². The summed E-state index contributed by atoms with van der Waals surface area (Å²) < 4.78 is 5.28. The van der Waals surface area contributed by atoms with Gasteiger partial charge in [-0.1, -0.05) is 6.07 Å². The SMILES string of the molecule is COc1ccc2[nH]c(=O)c(CNc3ccc4nc(-c5cccs5)[nH]c4c3)cc2c1. The highest BCUT2D eigenvalue weighted by Crippen LogP contribution is 2.26. The lowest BCUT2D eigenvalue weighted by molar-refractivity contribution is 0.415. The Morgan fingerprint density at radius 3 is 2.83 bits per heavy atom. The summed E-state index contributed by atoms with van der Waals surface area (Å²) in [6.45, 7) is 0.417. The number of aromatic nitrogens is 3. The molecule has 0 fully saturated rings. The zero-order chi connectivity index (χ0) is 19.8. The number of hydrogen-bond donors (Lipinski definition) is 3. The van der Waals surface area contributed by atoms with Crippen molar-refractivity contribution in [3.8, 4) is 16.5 Å². The molecule has 3 heterocycles. The van der Waals surface area contributed by atoms with E-state index in [0.717, 1.165) is 44.1 Å². The van der Waals surface area contributed by atoms with Crippen LogP contribution in [-0.4, -0.2) is 22.1 Å². The summed E-state index contributed by atoms with van der Waals surface area (Å²) in [6, 6.07) is 17.5. The van der Waals surface area contributed by atoms with Crippen molar-refractivity contribution in [2.75, 3.05) is 12.4 Å². The summed E-state index contributed by atoms with van der Waals surface area (Å²) in [5.41, 5.74) is 4.14. The quantitative estimate of drug-likeness (QED) is 0.396. The third kappa shape index (κ3) is 3.36. The maximum atomic E-state index is 12.4. The number of hydrogen-bond acceptors (Lipinski definition) is 5. The van der Waals surface area contributed by atoms with Crippen LogP contribution in [0, 0.1) is 0 Å². The Morgan fingerprint density at radius 1 is 1.07 bits per heavy atom. The van der Waals surface area contributed by atoms with Gasteiger partial charge in [0.2, 0.25) is 0 Å². The number of H-pyrrole nitrogens is 2. The average Bonchev–Trinajstić information content (AvgIpc) is 3.41. The first-order chi connectivity index (χ1) is 14.2. The minimum Gasteiger partial charge on any atom is -0.497 e. The molecule has 0 bridgehead atoms. The Morgan fingerprint density at radius 2 is 2.00 bits per heavy atom. The molecule has 2 aromatic carbocycles. The summed E-state index contributed by atoms with van der Waals surface area (Å²) in [5.74, 6) is 1.63. The molecule has 3 aromatic heterocycles. The molecule has 0 aliphatic carbocycles. The number of imidazole rings is 1. The Bertz CT molecular complexity index is 1370. The van der Waals surface area contributed by atoms with Gasteiger partial charge in [0.15, 0.2) is 0 Å². The first kappa shape index (κ1) is 17.5. The highest BCUT2D eigenvalue weighted by Gasteiger charge is 2.08. The van der Waals surface area contributed by atoms with Crippen molar-refractivity contribution >= 4 is 39.0 Å². The van der Waals surface area contributed by atoms with E-state index in [0.29, 0.717) is 12.1 Å². The van der Waals surface area contributed by atoms with Gasteiger partial charge in [-0.25, -0.2) is 4.98 Å². The summed E-state index contributed by atoms with van der Waals surface area (Å²) in [4.78, 5) is 24.4. The molecule has 144 valence electrons. The molecule has 0 unspecified atom stereocenters. The van der Waals surface area contributed by atoms with E-state index in [1.54, 1.807) is 18.4 Å². The standard InChI is InChI=1S/C22H18N4O2S/c1-28-16-5-7-17-13(10-16)9-14(22(27)26-17)12-23-15-4-6-18-19(11-15)25-21(24-18)20-3-2-8-29-20/h2-11,23H,12H2,1H3,(H,24,25)(H,26,27). The van der Waals surface area contributed by atoms with Gasteiger partial charge in [-0.2, -0.15) is 0 Å². The number of ether oxygens (including phenoxy) is 1. The van der Waals surface area contributed by atoms with Crippen LogP contribution in [0.25, 0.3) is 32.6 Å². The zero-order valence-corrected chi connectivity index (χ0v) is 16.5. The number of thiophene rings is 1. The van der Waals surface area contributed by atoms with Crippen molar-refractivity contribution < 1.29 is 4.74 Å². The van der Waals surface area contributed by atoms with E-state index in [4.69, 9.17) is 4.74 Å². The molecule has 0 radical (unpaired) electrons. The number of anilines is 1. The van der Waals surface area contributed by atoms with E-state index >= 15 is 0 Å². The number of rotatable bonds is 5. The van der Waals surface area contributed by atoms with Crippen LogP contribution in [0.3, 0.4) is 0 Å². The van der Waals surface area contributed by atoms with Crippen LogP contribution in [0.5, 0.6) is 5.75 Å². The van der Waals surface area contributed by atoms with Crippen LogP contribution in [-0.2, 0) is 6.54 Å². The minimum absolute atomic E-state index is 0.0993. The number of nitrogens with zero attached hydrogens (tertiary/aromatic N) is 1. The Balaban J connectivity index is 1.41. The molecule has 6 nitrogen and oxygen atoms in total. The van der Waals surface area contributed by atoms with Crippen molar-refractivity contribution in [2.24, 2.45) is 0 Å². The molecule has 0 saturated carbocycles. The van der Waals surface area contributed by atoms with E-state index in [-0.39, 0.29) is 5.56 Å². The molecule has 5 rings (SSSR count). The largest absolute Gasteiger partial charge is 0.497 e. The number of benzene rings is 2. The molecule has 29 heavy (non-hydrogen) atoms. The minimum atomic E-state index is -0.0993. The van der Waals surface area contributed by atoms with Gasteiger partial charge in [0, 0.05) is 28.7 Å². The zero-order valence-electron chi connectivity index (χ0n) is 15.7. The lowest BCUT2D eigenvalue weighted by Crippen LogP contribution is -2.15. The van der Waals surface area contributed by atoms with Gasteiger partial charge < -0.3 is 20.0 Å². The maximum absolute atomic E-state index is 12.4. The van der Waals surface area contributed by atoms with E-state index < -0.39 is 0 Å². The first-order valence-electron chi connectivity index (χ1n) is 9.17. The molecule has 7 heteroatoms. The third-order valence-electron chi connectivity index (χ3n) is 4.85. The van der Waals surface area contributed by atoms with Gasteiger partial charge in [-0.15, -0.1) is 11.3 Å². The number of fused-ring (bicyclic) bond motifs is 2. The molecule has 0 aliphatic rings. The summed E-state index contributed by atoms with van der Waals surface area (Å²) in [5, 5.41) is 6.30. The fourth-order valence-electron chi connectivity index (χ4n) is 3.34. The fourth-order valence-corrected chi connectivity index (χ4v) is 4.00. The first-order valence-corrected chi connectivity index (χ1v) is 10.0. The predicted molar refractivity (Wildman–Crippen MR) is 118 cm³/mol. The number of methoxy groups -OCH3 is 1. The van der Waals surface area contributed by atoms with Crippen LogP contribution in [0.2, 0.25) is 0 Å². The molecule has 0 aliphatic heterocycles. The molecule has 0 amide bonds. The second-order valence-corrected chi connectivity index (χ2v) is 7.67. The highest BCUT2D eigenvalue weighted by molar-refractivity contribution is 7.13. The number of aromatic amines is 2. The topological polar surface area (TPSA) is 82.8 Å². The highest BCUT2D eigenvalue weighted by atomic mass is 32.1. The molecular weight excluding hydrogens is 384 g/mol. The summed E-state index contributed by atoms with van der Waals surface area (Å²) >= 11 is 1.65. The predicted octanol–water partition coefficient (Wildman–Crippen LogP) is 4.75. The maximum Gasteiger partial charge on any atom is 0.253 e. The fraction of sp³-hybridized carbons (Fsp3) is 0.0909. The molecule has 5 aromatic rings. The van der Waals surface area contributed by atoms with Crippen LogP contribution < -0.4 is 15.6 Å². The molecule has 0 saturated heterocycles. The van der Waals surface area contributed by atoms with Crippen LogP contribution in [0.1, 0.15) is 5.56 Å². The second kappa shape index (κ2) is 7.10. The van der Waals surface area contributed by atoms with Crippen molar-refractivity contribution in [1.29, 1.82) is 0 Å². The van der Waals surface area contributed by atoms with Crippen molar-refractivity contribution in [3.63, 3.8) is 0 Å². The summed E-state index contributed by atoms with van der Waals surface area (Å²) in [7, 11) is 1.63. The average molecular weight is 402 g/mol. The monoisotopic (exact) mass is 402 g/mol. The summed E-state index contributed by atoms with van der Waals surface area (Å²) in [6.07, 6.45) is 0. The van der Waals surface area contributed by atoms with Crippen molar-refractivity contribution in [1.82, 2.24) is 15.0 Å². The van der Waals surface area contributed by atoms with Crippen molar-refractivity contribution in [2.45, 2.75) is 6.54 Å². The lowest BCUT2D eigenvalue weighted by Gasteiger charge is -2.08. The molecule has 0 spiro atoms. The third-order valence-corrected chi connectivity index (χ3v) is 5.72. The molecule has 0 atom stereocenters. The van der Waals surface area contributed by atoms with Gasteiger partial charge in [-0.05, 0) is 53.9 Å². The van der Waals surface area contributed by atoms with Gasteiger partial charge >= 0.3 is 0 Å². The Kier molecular flexibility index (Phi) is 4.29. The Labute approximate surface area is 170 Å². The second-order valence-electron chi connectivity index (χ2n) is 6.73. The van der Waals surface area contributed by atoms with Gasteiger partial charge in [0.1, 0.15) is 11.6 Å². The van der Waals surface area contributed by atoms with Gasteiger partial charge in [0.25, 0.3) is 5.56 Å².